The van der Waals surface area contributed by atoms with Crippen molar-refractivity contribution in [3.63, 3.8) is 0 Å². The van der Waals surface area contributed by atoms with Crippen LogP contribution in [0.5, 0.6) is 0 Å². The summed E-state index contributed by atoms with van der Waals surface area (Å²) in [6.45, 7) is 8.91. The molecule has 0 bridgehead atoms. The molecule has 1 N–H and O–H groups in total. The summed E-state index contributed by atoms with van der Waals surface area (Å²) in [5.74, 6) is 0. The minimum Gasteiger partial charge on any atom is -0.314 e. The molecular formula is C17H22N2S. The first-order valence-corrected chi connectivity index (χ1v) is 8.19. The van der Waals surface area contributed by atoms with Crippen LogP contribution >= 0.6 is 11.3 Å². The minimum atomic E-state index is 0.415. The standard InChI is InChI=1S/C17H22N2S/c1-13-5-3-6-14(2)16(13)17(15-7-4-12-20-15)19-10-8-18-9-11-19/h3-7,12,17-18H,8-11H2,1-2H3/t17-/m1/s1. The molecule has 0 aliphatic carbocycles. The maximum Gasteiger partial charge on any atom is 0.0702 e. The van der Waals surface area contributed by atoms with E-state index in [-0.39, 0.29) is 0 Å². The maximum absolute atomic E-state index is 3.46. The molecule has 1 atom stereocenters. The molecule has 2 nitrogen and oxygen atoms in total. The molecule has 20 heavy (non-hydrogen) atoms. The Morgan fingerprint density at radius 1 is 1.05 bits per heavy atom. The molecule has 1 saturated heterocycles. The van der Waals surface area contributed by atoms with Crippen molar-refractivity contribution in [2.24, 2.45) is 0 Å². The molecule has 1 aromatic carbocycles. The largest absolute Gasteiger partial charge is 0.314 e. The van der Waals surface area contributed by atoms with Gasteiger partial charge in [0.2, 0.25) is 0 Å². The van der Waals surface area contributed by atoms with Crippen molar-refractivity contribution in [2.45, 2.75) is 19.9 Å². The van der Waals surface area contributed by atoms with E-state index in [1.165, 1.54) is 21.6 Å². The molecule has 1 fully saturated rings. The molecule has 2 aromatic rings. The molecule has 0 amide bonds. The Morgan fingerprint density at radius 3 is 2.35 bits per heavy atom. The molecule has 0 radical (unpaired) electrons. The number of hydrogen-bond acceptors (Lipinski definition) is 3. The summed E-state index contributed by atoms with van der Waals surface area (Å²) in [6.07, 6.45) is 0. The molecule has 0 spiro atoms. The summed E-state index contributed by atoms with van der Waals surface area (Å²) in [4.78, 5) is 4.08. The lowest BCUT2D eigenvalue weighted by molar-refractivity contribution is 0.200. The number of piperazine rings is 1. The second-order valence-electron chi connectivity index (χ2n) is 5.51. The van der Waals surface area contributed by atoms with Gasteiger partial charge in [-0.25, -0.2) is 0 Å². The van der Waals surface area contributed by atoms with E-state index in [0.717, 1.165) is 26.2 Å². The number of nitrogens with zero attached hydrogens (tertiary/aromatic N) is 1. The third kappa shape index (κ3) is 2.66. The van der Waals surface area contributed by atoms with Crippen molar-refractivity contribution >= 4 is 11.3 Å². The summed E-state index contributed by atoms with van der Waals surface area (Å²) >= 11 is 1.87. The van der Waals surface area contributed by atoms with E-state index >= 15 is 0 Å². The summed E-state index contributed by atoms with van der Waals surface area (Å²) < 4.78 is 0. The number of benzene rings is 1. The van der Waals surface area contributed by atoms with Gasteiger partial charge in [-0.2, -0.15) is 0 Å². The monoisotopic (exact) mass is 286 g/mol. The van der Waals surface area contributed by atoms with Crippen molar-refractivity contribution in [2.75, 3.05) is 26.2 Å². The summed E-state index contributed by atoms with van der Waals surface area (Å²) in [5.41, 5.74) is 4.31. The van der Waals surface area contributed by atoms with Crippen LogP contribution in [-0.4, -0.2) is 31.1 Å². The van der Waals surface area contributed by atoms with Crippen LogP contribution in [0.25, 0.3) is 0 Å². The number of nitrogens with one attached hydrogen (secondary N) is 1. The van der Waals surface area contributed by atoms with Crippen molar-refractivity contribution in [3.05, 3.63) is 57.3 Å². The summed E-state index contributed by atoms with van der Waals surface area (Å²) in [5, 5.41) is 5.65. The molecule has 1 aliphatic heterocycles. The number of thiophene rings is 1. The van der Waals surface area contributed by atoms with E-state index < -0.39 is 0 Å². The average molecular weight is 286 g/mol. The smallest absolute Gasteiger partial charge is 0.0702 e. The predicted octanol–water partition coefficient (Wildman–Crippen LogP) is 3.36. The van der Waals surface area contributed by atoms with Gasteiger partial charge in [0.1, 0.15) is 0 Å². The first kappa shape index (κ1) is 13.8. The van der Waals surface area contributed by atoms with E-state index in [9.17, 15) is 0 Å². The van der Waals surface area contributed by atoms with Crippen LogP contribution in [0.1, 0.15) is 27.6 Å². The highest BCUT2D eigenvalue weighted by Gasteiger charge is 2.26. The molecular weight excluding hydrogens is 264 g/mol. The van der Waals surface area contributed by atoms with E-state index in [1.807, 2.05) is 11.3 Å². The molecule has 1 aliphatic rings. The molecule has 3 heteroatoms. The van der Waals surface area contributed by atoms with Crippen LogP contribution in [-0.2, 0) is 0 Å². The molecule has 0 saturated carbocycles. The van der Waals surface area contributed by atoms with Gasteiger partial charge < -0.3 is 5.32 Å². The maximum atomic E-state index is 3.46. The van der Waals surface area contributed by atoms with Crippen molar-refractivity contribution < 1.29 is 0 Å². The van der Waals surface area contributed by atoms with Crippen molar-refractivity contribution in [3.8, 4) is 0 Å². The Balaban J connectivity index is 2.05. The normalized spacial score (nSPS) is 18.1. The number of rotatable bonds is 3. The quantitative estimate of drug-likeness (QED) is 0.931. The fraction of sp³-hybridized carbons (Fsp3) is 0.412. The number of hydrogen-bond donors (Lipinski definition) is 1. The third-order valence-corrected chi connectivity index (χ3v) is 5.07. The van der Waals surface area contributed by atoms with E-state index in [2.05, 4.69) is 59.8 Å². The highest BCUT2D eigenvalue weighted by molar-refractivity contribution is 7.10. The van der Waals surface area contributed by atoms with Gasteiger partial charge in [-0.15, -0.1) is 11.3 Å². The van der Waals surface area contributed by atoms with Gasteiger partial charge in [-0.05, 0) is 42.0 Å². The van der Waals surface area contributed by atoms with Gasteiger partial charge in [0.25, 0.3) is 0 Å². The predicted molar refractivity (Wildman–Crippen MR) is 86.5 cm³/mol. The van der Waals surface area contributed by atoms with Gasteiger partial charge >= 0.3 is 0 Å². The highest BCUT2D eigenvalue weighted by atomic mass is 32.1. The van der Waals surface area contributed by atoms with Gasteiger partial charge in [0.05, 0.1) is 6.04 Å². The van der Waals surface area contributed by atoms with Gasteiger partial charge in [0, 0.05) is 31.1 Å². The lowest BCUT2D eigenvalue weighted by Gasteiger charge is -2.36. The minimum absolute atomic E-state index is 0.415. The van der Waals surface area contributed by atoms with Gasteiger partial charge in [-0.1, -0.05) is 24.3 Å². The first-order chi connectivity index (χ1) is 9.77. The highest BCUT2D eigenvalue weighted by Crippen LogP contribution is 2.35. The molecule has 1 aromatic heterocycles. The van der Waals surface area contributed by atoms with Crippen LogP contribution < -0.4 is 5.32 Å². The SMILES string of the molecule is Cc1cccc(C)c1[C@@H](c1cccs1)N1CCNCC1. The zero-order valence-electron chi connectivity index (χ0n) is 12.2. The van der Waals surface area contributed by atoms with Crippen LogP contribution in [0, 0.1) is 13.8 Å². The molecule has 3 rings (SSSR count). The zero-order chi connectivity index (χ0) is 13.9. The van der Waals surface area contributed by atoms with Gasteiger partial charge in [-0.3, -0.25) is 4.90 Å². The third-order valence-electron chi connectivity index (χ3n) is 4.14. The zero-order valence-corrected chi connectivity index (χ0v) is 13.0. The molecule has 0 unspecified atom stereocenters. The lowest BCUT2D eigenvalue weighted by atomic mass is 9.93. The van der Waals surface area contributed by atoms with Crippen LogP contribution in [0.3, 0.4) is 0 Å². The Bertz CT molecular complexity index is 536. The fourth-order valence-corrected chi connectivity index (χ4v) is 4.02. The van der Waals surface area contributed by atoms with E-state index in [0.29, 0.717) is 6.04 Å². The average Bonchev–Trinajstić information content (AvgIpc) is 2.98. The lowest BCUT2D eigenvalue weighted by Crippen LogP contribution is -2.45. The number of aryl methyl sites for hydroxylation is 2. The second-order valence-corrected chi connectivity index (χ2v) is 6.49. The van der Waals surface area contributed by atoms with E-state index in [1.54, 1.807) is 0 Å². The fourth-order valence-electron chi connectivity index (χ4n) is 3.15. The van der Waals surface area contributed by atoms with Gasteiger partial charge in [0.15, 0.2) is 0 Å². The Hall–Kier alpha value is -1.16. The van der Waals surface area contributed by atoms with Crippen LogP contribution in [0.2, 0.25) is 0 Å². The first-order valence-electron chi connectivity index (χ1n) is 7.31. The Kier molecular flexibility index (Phi) is 4.20. The molecule has 2 heterocycles. The van der Waals surface area contributed by atoms with E-state index in [4.69, 9.17) is 0 Å². The van der Waals surface area contributed by atoms with Crippen molar-refractivity contribution in [1.82, 2.24) is 10.2 Å². The van der Waals surface area contributed by atoms with Crippen LogP contribution in [0.15, 0.2) is 35.7 Å². The summed E-state index contributed by atoms with van der Waals surface area (Å²) in [6, 6.07) is 11.5. The summed E-state index contributed by atoms with van der Waals surface area (Å²) in [7, 11) is 0. The Morgan fingerprint density at radius 2 is 1.75 bits per heavy atom. The Labute approximate surface area is 125 Å². The second kappa shape index (κ2) is 6.08. The van der Waals surface area contributed by atoms with Crippen molar-refractivity contribution in [1.29, 1.82) is 0 Å². The topological polar surface area (TPSA) is 15.3 Å². The van der Waals surface area contributed by atoms with Crippen LogP contribution in [0.4, 0.5) is 0 Å². The molecule has 106 valence electrons.